The molecule has 2 heterocycles. The fourth-order valence-electron chi connectivity index (χ4n) is 3.76. The number of phenols is 1. The number of carbonyl (C=O) groups excluding carboxylic acids is 3. The molecule has 1 unspecified atom stereocenters. The summed E-state index contributed by atoms with van der Waals surface area (Å²) < 4.78 is 11.0. The lowest BCUT2D eigenvalue weighted by Crippen LogP contribution is -2.45. The highest BCUT2D eigenvalue weighted by Crippen LogP contribution is 2.47. The van der Waals surface area contributed by atoms with Gasteiger partial charge in [0.1, 0.15) is 5.75 Å². The normalized spacial score (nSPS) is 17.7. The van der Waals surface area contributed by atoms with Crippen molar-refractivity contribution in [1.29, 1.82) is 0 Å². The Kier molecular flexibility index (Phi) is 7.43. The molecule has 9 heteroatoms. The van der Waals surface area contributed by atoms with Gasteiger partial charge < -0.3 is 19.5 Å². The summed E-state index contributed by atoms with van der Waals surface area (Å²) in [4.78, 5) is 42.6. The van der Waals surface area contributed by atoms with E-state index in [4.69, 9.17) is 9.47 Å². The lowest BCUT2D eigenvalue weighted by molar-refractivity contribution is -0.150. The molecule has 0 radical (unpaired) electrons. The number of Topliss-reactive ketones (excluding diaryl/α,β-unsaturated/α-hetero) is 1. The molecule has 33 heavy (non-hydrogen) atoms. The molecule has 0 saturated carbocycles. The molecule has 0 spiro atoms. The van der Waals surface area contributed by atoms with Crippen LogP contribution in [0.25, 0.3) is 0 Å². The first-order valence-corrected chi connectivity index (χ1v) is 12.1. The van der Waals surface area contributed by atoms with Crippen molar-refractivity contribution in [2.75, 3.05) is 13.2 Å². The van der Waals surface area contributed by atoms with E-state index in [1.165, 1.54) is 11.8 Å². The van der Waals surface area contributed by atoms with Crippen LogP contribution in [-0.4, -0.2) is 47.0 Å². The maximum atomic E-state index is 13.7. The van der Waals surface area contributed by atoms with Gasteiger partial charge in [0, 0.05) is 16.2 Å². The van der Waals surface area contributed by atoms with Crippen molar-refractivity contribution in [1.82, 2.24) is 4.90 Å². The van der Waals surface area contributed by atoms with Gasteiger partial charge in [-0.1, -0.05) is 11.8 Å². The molecular formula is C24H26BrNO6S. The first kappa shape index (κ1) is 25.1. The van der Waals surface area contributed by atoms with Gasteiger partial charge in [-0.3, -0.25) is 4.79 Å². The molecule has 7 nitrogen and oxygen atoms in total. The number of allylic oxidation sites excluding steroid dienone is 4. The molecule has 0 saturated heterocycles. The molecule has 0 aromatic heterocycles. The number of benzene rings is 1. The van der Waals surface area contributed by atoms with E-state index in [-0.39, 0.29) is 35.7 Å². The number of hydrogen-bond donors (Lipinski definition) is 1. The fraction of sp³-hybridized carbons (Fsp3) is 0.375. The Bertz CT molecular complexity index is 1150. The van der Waals surface area contributed by atoms with Crippen molar-refractivity contribution >= 4 is 45.4 Å². The minimum atomic E-state index is -1.18. The number of hydrogen-bond acceptors (Lipinski definition) is 8. The van der Waals surface area contributed by atoms with E-state index in [2.05, 4.69) is 15.9 Å². The summed E-state index contributed by atoms with van der Waals surface area (Å²) in [5.74, 6) is -2.24. The van der Waals surface area contributed by atoms with Gasteiger partial charge in [-0.15, -0.1) is 0 Å². The van der Waals surface area contributed by atoms with E-state index in [0.29, 0.717) is 9.50 Å². The molecule has 2 aliphatic rings. The summed E-state index contributed by atoms with van der Waals surface area (Å²) in [5, 5.41) is 11.3. The number of thioether (sulfide) groups is 1. The van der Waals surface area contributed by atoms with Gasteiger partial charge in [-0.2, -0.15) is 0 Å². The average molecular weight is 536 g/mol. The summed E-state index contributed by atoms with van der Waals surface area (Å²) in [7, 11) is 0. The molecule has 0 fully saturated rings. The number of aryl methyl sites for hydroxylation is 1. The monoisotopic (exact) mass is 535 g/mol. The van der Waals surface area contributed by atoms with Gasteiger partial charge in [0.2, 0.25) is 0 Å². The van der Waals surface area contributed by atoms with Crippen molar-refractivity contribution in [3.8, 4) is 5.75 Å². The molecule has 2 aliphatic heterocycles. The second-order valence-electron chi connectivity index (χ2n) is 7.66. The minimum absolute atomic E-state index is 0.00166. The Morgan fingerprint density at radius 3 is 2.36 bits per heavy atom. The highest BCUT2D eigenvalue weighted by atomic mass is 79.9. The van der Waals surface area contributed by atoms with Gasteiger partial charge in [0.25, 0.3) is 0 Å². The van der Waals surface area contributed by atoms with Gasteiger partial charge in [-0.25, -0.2) is 9.59 Å². The largest absolute Gasteiger partial charge is 0.506 e. The number of ether oxygens (including phenoxy) is 2. The van der Waals surface area contributed by atoms with Crippen LogP contribution in [0.3, 0.4) is 0 Å². The van der Waals surface area contributed by atoms with Crippen LogP contribution in [0.1, 0.15) is 49.2 Å². The van der Waals surface area contributed by atoms with Crippen LogP contribution in [0.15, 0.2) is 43.4 Å². The van der Waals surface area contributed by atoms with E-state index in [0.717, 1.165) is 21.7 Å². The Balaban J connectivity index is 2.30. The molecule has 3 rings (SSSR count). The van der Waals surface area contributed by atoms with E-state index >= 15 is 0 Å². The van der Waals surface area contributed by atoms with Gasteiger partial charge in [-0.05, 0) is 80.7 Å². The second kappa shape index (κ2) is 9.77. The maximum Gasteiger partial charge on any atom is 0.337 e. The van der Waals surface area contributed by atoms with Crippen molar-refractivity contribution in [3.63, 3.8) is 0 Å². The summed E-state index contributed by atoms with van der Waals surface area (Å²) >= 11 is 4.74. The first-order valence-electron chi connectivity index (χ1n) is 10.5. The second-order valence-corrected chi connectivity index (χ2v) is 9.68. The fourth-order valence-corrected chi connectivity index (χ4v) is 5.36. The van der Waals surface area contributed by atoms with E-state index in [1.807, 2.05) is 27.7 Å². The molecule has 176 valence electrons. The van der Waals surface area contributed by atoms with Gasteiger partial charge in [0.05, 0.1) is 33.9 Å². The van der Waals surface area contributed by atoms with Crippen LogP contribution in [-0.2, 0) is 19.1 Å². The van der Waals surface area contributed by atoms with Gasteiger partial charge >= 0.3 is 11.9 Å². The third-order valence-corrected chi connectivity index (χ3v) is 7.79. The number of phenolic OH excluding ortho intramolecular Hbond substituents is 1. The number of aromatic hydroxyl groups is 1. The smallest absolute Gasteiger partial charge is 0.337 e. The molecule has 0 amide bonds. The third kappa shape index (κ3) is 4.36. The Morgan fingerprint density at radius 1 is 1.12 bits per heavy atom. The lowest BCUT2D eigenvalue weighted by Gasteiger charge is -2.34. The molecule has 0 bridgehead atoms. The molecular weight excluding hydrogens is 510 g/mol. The standard InChI is InChI=1S/C24H26BrNO6S/c1-7-31-23(29)18-15(21(27)16-9-11(3)12(4)19(25)22(16)28)10-17-26(13(5)14(6)33-17)20(18)24(30)32-8-2/h9-10,20,28H,7-8H2,1-6H3. The minimum Gasteiger partial charge on any atom is -0.506 e. The summed E-state index contributed by atoms with van der Waals surface area (Å²) in [6.07, 6.45) is 1.58. The molecule has 0 aliphatic carbocycles. The number of halogens is 1. The van der Waals surface area contributed by atoms with Crippen LogP contribution in [0.5, 0.6) is 5.75 Å². The van der Waals surface area contributed by atoms with Crippen LogP contribution in [0.2, 0.25) is 0 Å². The molecule has 1 atom stereocenters. The summed E-state index contributed by atoms with van der Waals surface area (Å²) in [6.45, 7) is 10.9. The van der Waals surface area contributed by atoms with Crippen LogP contribution in [0, 0.1) is 13.8 Å². The Hall–Kier alpha value is -2.52. The molecule has 1 aromatic carbocycles. The lowest BCUT2D eigenvalue weighted by atomic mass is 9.89. The van der Waals surface area contributed by atoms with Gasteiger partial charge in [0.15, 0.2) is 11.8 Å². The van der Waals surface area contributed by atoms with E-state index < -0.39 is 23.8 Å². The van der Waals surface area contributed by atoms with Crippen molar-refractivity contribution < 1.29 is 29.0 Å². The number of ketones is 1. The summed E-state index contributed by atoms with van der Waals surface area (Å²) in [6, 6.07) is 0.402. The third-order valence-electron chi connectivity index (χ3n) is 5.69. The van der Waals surface area contributed by atoms with Crippen molar-refractivity contribution in [2.45, 2.75) is 47.6 Å². The number of fused-ring (bicyclic) bond motifs is 1. The number of esters is 2. The zero-order chi connectivity index (χ0) is 24.6. The first-order chi connectivity index (χ1) is 15.5. The van der Waals surface area contributed by atoms with Crippen molar-refractivity contribution in [2.24, 2.45) is 0 Å². The highest BCUT2D eigenvalue weighted by molar-refractivity contribution is 9.10. The van der Waals surface area contributed by atoms with Crippen LogP contribution in [0.4, 0.5) is 0 Å². The summed E-state index contributed by atoms with van der Waals surface area (Å²) in [5.41, 5.74) is 2.29. The topological polar surface area (TPSA) is 93.1 Å². The number of carbonyl (C=O) groups is 3. The quantitative estimate of drug-likeness (QED) is 0.406. The van der Waals surface area contributed by atoms with Crippen molar-refractivity contribution in [3.05, 3.63) is 60.1 Å². The van der Waals surface area contributed by atoms with Crippen LogP contribution < -0.4 is 0 Å². The van der Waals surface area contributed by atoms with Crippen LogP contribution >= 0.6 is 27.7 Å². The number of nitrogens with zero attached hydrogens (tertiary/aromatic N) is 1. The average Bonchev–Trinajstić information content (AvgIpc) is 3.06. The number of rotatable bonds is 6. The predicted molar refractivity (Wildman–Crippen MR) is 130 cm³/mol. The SMILES string of the molecule is CCOC(=O)C1=C(C(=O)c2cc(C)c(C)c(Br)c2O)C=C2SC(C)=C(C)N2C1C(=O)OCC. The van der Waals surface area contributed by atoms with E-state index in [9.17, 15) is 19.5 Å². The predicted octanol–water partition coefficient (Wildman–Crippen LogP) is 4.90. The Labute approximate surface area is 205 Å². The highest BCUT2D eigenvalue weighted by Gasteiger charge is 2.46. The zero-order valence-electron chi connectivity index (χ0n) is 19.4. The molecule has 1 N–H and O–H groups in total. The maximum absolute atomic E-state index is 13.7. The zero-order valence-corrected chi connectivity index (χ0v) is 21.8. The molecule has 1 aromatic rings. The van der Waals surface area contributed by atoms with E-state index in [1.54, 1.807) is 30.9 Å². The Morgan fingerprint density at radius 2 is 1.76 bits per heavy atom.